The highest BCUT2D eigenvalue weighted by Gasteiger charge is 2.26. The van der Waals surface area contributed by atoms with Crippen LogP contribution in [0.1, 0.15) is 19.8 Å². The highest BCUT2D eigenvalue weighted by molar-refractivity contribution is 5.81. The molecule has 1 aliphatic rings. The van der Waals surface area contributed by atoms with Gasteiger partial charge in [-0.15, -0.1) is 0 Å². The van der Waals surface area contributed by atoms with Crippen LogP contribution in [0.25, 0.3) is 0 Å². The summed E-state index contributed by atoms with van der Waals surface area (Å²) in [6.45, 7) is 4.92. The van der Waals surface area contributed by atoms with E-state index in [1.54, 1.807) is 0 Å². The highest BCUT2D eigenvalue weighted by atomic mass is 16.5. The van der Waals surface area contributed by atoms with Crippen molar-refractivity contribution in [1.82, 2.24) is 9.80 Å². The van der Waals surface area contributed by atoms with E-state index < -0.39 is 6.10 Å². The van der Waals surface area contributed by atoms with Gasteiger partial charge >= 0.3 is 0 Å². The van der Waals surface area contributed by atoms with Crippen LogP contribution in [0.15, 0.2) is 30.3 Å². The zero-order valence-corrected chi connectivity index (χ0v) is 13.6. The number of nitrogens with two attached hydrogens (primary N) is 1. The molecule has 1 fully saturated rings. The molecule has 1 aromatic rings. The molecule has 1 aromatic carbocycles. The van der Waals surface area contributed by atoms with Gasteiger partial charge in [0.2, 0.25) is 5.91 Å². The molecule has 1 aliphatic heterocycles. The molecule has 1 heterocycles. The quantitative estimate of drug-likeness (QED) is 0.844. The fraction of sp³-hybridized carbons (Fsp3) is 0.529. The highest BCUT2D eigenvalue weighted by Crippen LogP contribution is 2.15. The molecule has 2 N–H and O–H groups in total. The van der Waals surface area contributed by atoms with Crippen molar-refractivity contribution in [2.24, 2.45) is 5.73 Å². The molecule has 2 amide bonds. The van der Waals surface area contributed by atoms with Crippen molar-refractivity contribution in [3.05, 3.63) is 30.3 Å². The van der Waals surface area contributed by atoms with Crippen molar-refractivity contribution in [3.63, 3.8) is 0 Å². The van der Waals surface area contributed by atoms with Crippen LogP contribution in [-0.4, -0.2) is 60.4 Å². The second-order valence-electron chi connectivity index (χ2n) is 5.75. The van der Waals surface area contributed by atoms with Crippen LogP contribution in [0.5, 0.6) is 5.75 Å². The van der Waals surface area contributed by atoms with Crippen molar-refractivity contribution < 1.29 is 14.3 Å². The molecular formula is C17H25N3O3. The van der Waals surface area contributed by atoms with Gasteiger partial charge in [0.15, 0.2) is 6.10 Å². The number of benzene rings is 1. The molecule has 1 saturated heterocycles. The predicted molar refractivity (Wildman–Crippen MR) is 88.0 cm³/mol. The van der Waals surface area contributed by atoms with Crippen molar-refractivity contribution in [1.29, 1.82) is 0 Å². The van der Waals surface area contributed by atoms with Gasteiger partial charge in [0.1, 0.15) is 5.75 Å². The topological polar surface area (TPSA) is 75.9 Å². The van der Waals surface area contributed by atoms with E-state index in [1.807, 2.05) is 47.1 Å². The minimum absolute atomic E-state index is 0.0114. The van der Waals surface area contributed by atoms with Crippen LogP contribution in [0, 0.1) is 0 Å². The summed E-state index contributed by atoms with van der Waals surface area (Å²) in [5.74, 6) is 0.388. The normalized spacial score (nSPS) is 17.3. The van der Waals surface area contributed by atoms with Crippen molar-refractivity contribution in [2.45, 2.75) is 25.9 Å². The summed E-state index contributed by atoms with van der Waals surface area (Å²) < 4.78 is 5.83. The van der Waals surface area contributed by atoms with Crippen LogP contribution in [0.3, 0.4) is 0 Å². The third-order valence-electron chi connectivity index (χ3n) is 3.95. The molecule has 0 unspecified atom stereocenters. The minimum atomic E-state index is -0.472. The number of primary amides is 1. The van der Waals surface area contributed by atoms with Crippen molar-refractivity contribution >= 4 is 11.8 Å². The van der Waals surface area contributed by atoms with Gasteiger partial charge < -0.3 is 15.4 Å². The molecule has 126 valence electrons. The smallest absolute Gasteiger partial charge is 0.263 e. The lowest BCUT2D eigenvalue weighted by atomic mass is 10.2. The number of carbonyl (C=O) groups excluding carboxylic acids is 2. The average Bonchev–Trinajstić information content (AvgIpc) is 2.78. The Hall–Kier alpha value is -2.08. The Morgan fingerprint density at radius 3 is 2.57 bits per heavy atom. The molecule has 0 spiro atoms. The summed E-state index contributed by atoms with van der Waals surface area (Å²) in [4.78, 5) is 27.6. The Bertz CT molecular complexity index is 521. The largest absolute Gasteiger partial charge is 0.481 e. The number of carbonyl (C=O) groups is 2. The Kier molecular flexibility index (Phi) is 6.40. The first-order valence-corrected chi connectivity index (χ1v) is 8.11. The van der Waals surface area contributed by atoms with E-state index in [-0.39, 0.29) is 18.4 Å². The monoisotopic (exact) mass is 319 g/mol. The van der Waals surface area contributed by atoms with Gasteiger partial charge in [-0.3, -0.25) is 14.5 Å². The zero-order chi connectivity index (χ0) is 16.7. The first-order chi connectivity index (χ1) is 11.1. The van der Waals surface area contributed by atoms with Crippen LogP contribution < -0.4 is 10.5 Å². The third-order valence-corrected chi connectivity index (χ3v) is 3.95. The van der Waals surface area contributed by atoms with Crippen molar-refractivity contribution in [3.8, 4) is 5.75 Å². The Morgan fingerprint density at radius 2 is 1.91 bits per heavy atom. The van der Waals surface area contributed by atoms with Gasteiger partial charge in [-0.2, -0.15) is 0 Å². The summed E-state index contributed by atoms with van der Waals surface area (Å²) in [5, 5.41) is 0. The summed E-state index contributed by atoms with van der Waals surface area (Å²) in [5.41, 5.74) is 5.24. The van der Waals surface area contributed by atoms with E-state index in [1.165, 1.54) is 0 Å². The molecule has 23 heavy (non-hydrogen) atoms. The number of para-hydroxylation sites is 1. The number of hydrogen-bond donors (Lipinski definition) is 1. The molecule has 0 bridgehead atoms. The lowest BCUT2D eigenvalue weighted by Crippen LogP contribution is -2.44. The summed E-state index contributed by atoms with van der Waals surface area (Å²) in [6.07, 6.45) is 0.982. The second-order valence-corrected chi connectivity index (χ2v) is 5.75. The molecular weight excluding hydrogens is 294 g/mol. The summed E-state index contributed by atoms with van der Waals surface area (Å²) in [6, 6.07) is 9.40. The lowest BCUT2D eigenvalue weighted by Gasteiger charge is -2.26. The van der Waals surface area contributed by atoms with Crippen LogP contribution in [0.4, 0.5) is 0 Å². The van der Waals surface area contributed by atoms with E-state index in [2.05, 4.69) is 0 Å². The fourth-order valence-electron chi connectivity index (χ4n) is 2.75. The SMILES string of the molecule is CC[C@@H](Oc1ccccc1)C(=O)N1CCCN(CC(N)=O)CC1. The number of amides is 2. The van der Waals surface area contributed by atoms with Gasteiger partial charge in [0, 0.05) is 26.2 Å². The van der Waals surface area contributed by atoms with E-state index >= 15 is 0 Å². The fourth-order valence-corrected chi connectivity index (χ4v) is 2.75. The maximum Gasteiger partial charge on any atom is 0.263 e. The standard InChI is InChI=1S/C17H25N3O3/c1-2-15(23-14-7-4-3-5-8-14)17(22)20-10-6-9-19(11-12-20)13-16(18)21/h3-5,7-8,15H,2,6,9-13H2,1H3,(H2,18,21)/t15-/m1/s1. The molecule has 1 atom stereocenters. The Morgan fingerprint density at radius 1 is 1.17 bits per heavy atom. The molecule has 6 nitrogen and oxygen atoms in total. The van der Waals surface area contributed by atoms with Gasteiger partial charge in [-0.25, -0.2) is 0 Å². The van der Waals surface area contributed by atoms with E-state index in [4.69, 9.17) is 10.5 Å². The Labute approximate surface area is 137 Å². The Balaban J connectivity index is 1.93. The molecule has 0 aromatic heterocycles. The maximum atomic E-state index is 12.7. The van der Waals surface area contributed by atoms with Gasteiger partial charge in [-0.1, -0.05) is 25.1 Å². The van der Waals surface area contributed by atoms with Crippen molar-refractivity contribution in [2.75, 3.05) is 32.7 Å². The molecule has 0 radical (unpaired) electrons. The van der Waals surface area contributed by atoms with Crippen LogP contribution in [0.2, 0.25) is 0 Å². The first kappa shape index (κ1) is 17.3. The van der Waals surface area contributed by atoms with Gasteiger partial charge in [0.05, 0.1) is 6.54 Å². The third kappa shape index (κ3) is 5.25. The maximum absolute atomic E-state index is 12.7. The molecule has 2 rings (SSSR count). The number of nitrogens with zero attached hydrogens (tertiary/aromatic N) is 2. The van der Waals surface area contributed by atoms with E-state index in [9.17, 15) is 9.59 Å². The van der Waals surface area contributed by atoms with Crippen LogP contribution >= 0.6 is 0 Å². The first-order valence-electron chi connectivity index (χ1n) is 8.11. The molecule has 6 heteroatoms. The predicted octanol–water partition coefficient (Wildman–Crippen LogP) is 0.864. The number of rotatable bonds is 6. The second kappa shape index (κ2) is 8.53. The van der Waals surface area contributed by atoms with Gasteiger partial charge in [-0.05, 0) is 25.0 Å². The average molecular weight is 319 g/mol. The summed E-state index contributed by atoms with van der Waals surface area (Å²) >= 11 is 0. The van der Waals surface area contributed by atoms with E-state index in [0.717, 1.165) is 13.0 Å². The number of hydrogen-bond acceptors (Lipinski definition) is 4. The summed E-state index contributed by atoms with van der Waals surface area (Å²) in [7, 11) is 0. The van der Waals surface area contributed by atoms with E-state index in [0.29, 0.717) is 31.8 Å². The zero-order valence-electron chi connectivity index (χ0n) is 13.6. The molecule has 0 aliphatic carbocycles. The molecule has 0 saturated carbocycles. The van der Waals surface area contributed by atoms with Crippen LogP contribution in [-0.2, 0) is 9.59 Å². The number of ether oxygens (including phenoxy) is 1. The lowest BCUT2D eigenvalue weighted by molar-refractivity contribution is -0.138. The minimum Gasteiger partial charge on any atom is -0.481 e. The van der Waals surface area contributed by atoms with Gasteiger partial charge in [0.25, 0.3) is 5.91 Å².